The van der Waals surface area contributed by atoms with E-state index in [2.05, 4.69) is 25.5 Å². The maximum Gasteiger partial charge on any atom is 0.261 e. The number of sulfonamides is 1. The minimum atomic E-state index is -3.77. The van der Waals surface area contributed by atoms with Crippen molar-refractivity contribution in [2.75, 3.05) is 22.8 Å². The van der Waals surface area contributed by atoms with Crippen molar-refractivity contribution in [2.45, 2.75) is 51.9 Å². The van der Waals surface area contributed by atoms with Gasteiger partial charge in [-0.05, 0) is 62.1 Å². The molecule has 0 saturated heterocycles. The second-order valence-corrected chi connectivity index (χ2v) is 11.0. The summed E-state index contributed by atoms with van der Waals surface area (Å²) in [5, 5.41) is 0. The predicted molar refractivity (Wildman–Crippen MR) is 120 cm³/mol. The first-order valence-corrected chi connectivity index (χ1v) is 11.6. The van der Waals surface area contributed by atoms with Gasteiger partial charge in [-0.2, -0.15) is 0 Å². The molecule has 1 N–H and O–H groups in total. The Hall–Kier alpha value is -2.54. The Balaban J connectivity index is 1.92. The maximum absolute atomic E-state index is 12.9. The molecule has 0 saturated carbocycles. The van der Waals surface area contributed by atoms with Crippen molar-refractivity contribution in [1.29, 1.82) is 0 Å². The zero-order chi connectivity index (χ0) is 22.3. The lowest BCUT2D eigenvalue weighted by Gasteiger charge is -2.27. The summed E-state index contributed by atoms with van der Waals surface area (Å²) >= 11 is 0. The highest BCUT2D eigenvalue weighted by Crippen LogP contribution is 2.38. The van der Waals surface area contributed by atoms with Crippen molar-refractivity contribution >= 4 is 27.3 Å². The number of nitrogens with one attached hydrogen (secondary N) is 1. The van der Waals surface area contributed by atoms with Crippen LogP contribution in [0, 0.1) is 5.41 Å². The quantitative estimate of drug-likeness (QED) is 0.772. The third-order valence-corrected chi connectivity index (χ3v) is 6.66. The Labute approximate surface area is 179 Å². The van der Waals surface area contributed by atoms with Crippen LogP contribution in [0.4, 0.5) is 11.4 Å². The number of nitrogens with zero attached hydrogens (tertiary/aromatic N) is 1. The lowest BCUT2D eigenvalue weighted by atomic mass is 9.87. The fourth-order valence-electron chi connectivity index (χ4n) is 3.37. The Bertz CT molecular complexity index is 1050. The number of anilines is 2. The number of carbonyl (C=O) groups excluding carboxylic acids is 1. The summed E-state index contributed by atoms with van der Waals surface area (Å²) in [7, 11) is -3.77. The third kappa shape index (κ3) is 4.31. The number of ether oxygens (including phenoxy) is 1. The molecule has 3 rings (SSSR count). The molecular formula is C23H30N2O4S. The number of hydrogen-bond donors (Lipinski definition) is 1. The van der Waals surface area contributed by atoms with E-state index in [4.69, 9.17) is 4.74 Å². The average Bonchev–Trinajstić information content (AvgIpc) is 2.75. The van der Waals surface area contributed by atoms with E-state index in [9.17, 15) is 13.2 Å². The molecule has 0 unspecified atom stereocenters. The van der Waals surface area contributed by atoms with Gasteiger partial charge in [0.15, 0.2) is 0 Å². The Morgan fingerprint density at radius 2 is 1.73 bits per heavy atom. The molecule has 1 heterocycles. The maximum atomic E-state index is 12.9. The number of amides is 1. The van der Waals surface area contributed by atoms with Gasteiger partial charge >= 0.3 is 0 Å². The molecule has 1 aliphatic rings. The number of hydrogen-bond acceptors (Lipinski definition) is 4. The zero-order valence-electron chi connectivity index (χ0n) is 18.4. The van der Waals surface area contributed by atoms with Crippen LogP contribution in [0.1, 0.15) is 47.1 Å². The summed E-state index contributed by atoms with van der Waals surface area (Å²) < 4.78 is 34.3. The number of fused-ring (bicyclic) bond motifs is 1. The molecule has 0 fully saturated rings. The van der Waals surface area contributed by atoms with E-state index in [1.807, 2.05) is 32.9 Å². The molecule has 0 aromatic heterocycles. The molecule has 0 spiro atoms. The Morgan fingerprint density at radius 3 is 2.30 bits per heavy atom. The molecule has 0 bridgehead atoms. The molecular weight excluding hydrogens is 400 g/mol. The van der Waals surface area contributed by atoms with Gasteiger partial charge in [0.1, 0.15) is 12.4 Å². The van der Waals surface area contributed by atoms with Crippen molar-refractivity contribution in [3.8, 4) is 5.75 Å². The highest BCUT2D eigenvalue weighted by molar-refractivity contribution is 7.92. The van der Waals surface area contributed by atoms with Gasteiger partial charge in [0.2, 0.25) is 5.91 Å². The van der Waals surface area contributed by atoms with E-state index in [1.54, 1.807) is 35.2 Å². The molecule has 6 nitrogen and oxygen atoms in total. The van der Waals surface area contributed by atoms with Crippen molar-refractivity contribution in [1.82, 2.24) is 0 Å². The van der Waals surface area contributed by atoms with E-state index in [1.165, 1.54) is 0 Å². The average molecular weight is 431 g/mol. The van der Waals surface area contributed by atoms with E-state index in [0.717, 1.165) is 5.56 Å². The summed E-state index contributed by atoms with van der Waals surface area (Å²) in [5.74, 6) is 0.509. The molecule has 162 valence electrons. The van der Waals surface area contributed by atoms with Gasteiger partial charge in [0.05, 0.1) is 21.7 Å². The number of carbonyl (C=O) groups is 1. The summed E-state index contributed by atoms with van der Waals surface area (Å²) in [4.78, 5) is 14.7. The van der Waals surface area contributed by atoms with Crippen molar-refractivity contribution in [3.05, 3.63) is 48.0 Å². The molecule has 1 amide bonds. The van der Waals surface area contributed by atoms with Crippen LogP contribution >= 0.6 is 0 Å². The lowest BCUT2D eigenvalue weighted by Crippen LogP contribution is -2.42. The molecule has 2 aromatic rings. The highest BCUT2D eigenvalue weighted by atomic mass is 32.2. The standard InChI is InChI=1S/C23H30N2O4S/c1-7-25-19-14-17(10-13-20(19)29-15-23(5,6)21(25)26)24-30(27,28)18-11-8-16(9-12-18)22(2,3)4/h8-14,24H,7,15H2,1-6H3. The largest absolute Gasteiger partial charge is 0.490 e. The molecule has 0 radical (unpaired) electrons. The summed E-state index contributed by atoms with van der Waals surface area (Å²) in [5.41, 5.74) is 1.28. The number of rotatable bonds is 4. The minimum Gasteiger partial charge on any atom is -0.490 e. The minimum absolute atomic E-state index is 0.0541. The monoisotopic (exact) mass is 430 g/mol. The topological polar surface area (TPSA) is 75.7 Å². The molecule has 2 aromatic carbocycles. The van der Waals surface area contributed by atoms with Crippen LogP contribution in [0.3, 0.4) is 0 Å². The molecule has 30 heavy (non-hydrogen) atoms. The second-order valence-electron chi connectivity index (χ2n) is 9.28. The third-order valence-electron chi connectivity index (χ3n) is 5.26. The van der Waals surface area contributed by atoms with Crippen molar-refractivity contribution < 1.29 is 17.9 Å². The van der Waals surface area contributed by atoms with E-state index in [0.29, 0.717) is 23.7 Å². The molecule has 1 aliphatic heterocycles. The Kier molecular flexibility index (Phi) is 5.62. The van der Waals surface area contributed by atoms with Gasteiger partial charge < -0.3 is 9.64 Å². The van der Waals surface area contributed by atoms with Crippen LogP contribution in [0.2, 0.25) is 0 Å². The summed E-state index contributed by atoms with van der Waals surface area (Å²) in [6, 6.07) is 11.9. The first kappa shape index (κ1) is 22.2. The predicted octanol–water partition coefficient (Wildman–Crippen LogP) is 4.56. The highest BCUT2D eigenvalue weighted by Gasteiger charge is 2.37. The van der Waals surface area contributed by atoms with E-state index >= 15 is 0 Å². The zero-order valence-corrected chi connectivity index (χ0v) is 19.3. The van der Waals surface area contributed by atoms with E-state index < -0.39 is 15.4 Å². The summed E-state index contributed by atoms with van der Waals surface area (Å²) in [6.07, 6.45) is 0. The smallest absolute Gasteiger partial charge is 0.261 e. The number of benzene rings is 2. The van der Waals surface area contributed by atoms with Gasteiger partial charge in [-0.25, -0.2) is 8.42 Å². The van der Waals surface area contributed by atoms with Crippen molar-refractivity contribution in [3.63, 3.8) is 0 Å². The normalized spacial score (nSPS) is 16.5. The first-order chi connectivity index (χ1) is 13.8. The van der Waals surface area contributed by atoms with Gasteiger partial charge in [0, 0.05) is 6.54 Å². The fourth-order valence-corrected chi connectivity index (χ4v) is 4.42. The van der Waals surface area contributed by atoms with Crippen LogP contribution in [0.25, 0.3) is 0 Å². The molecule has 7 heteroatoms. The van der Waals surface area contributed by atoms with Gasteiger partial charge in [-0.3, -0.25) is 9.52 Å². The van der Waals surface area contributed by atoms with Crippen LogP contribution in [-0.4, -0.2) is 27.5 Å². The van der Waals surface area contributed by atoms with Gasteiger partial charge in [0.25, 0.3) is 10.0 Å². The SMILES string of the molecule is CCN1C(=O)C(C)(C)COc2ccc(NS(=O)(=O)c3ccc(C(C)(C)C)cc3)cc21. The van der Waals surface area contributed by atoms with Crippen molar-refractivity contribution in [2.24, 2.45) is 5.41 Å². The van der Waals surface area contributed by atoms with E-state index in [-0.39, 0.29) is 22.8 Å². The summed E-state index contributed by atoms with van der Waals surface area (Å²) in [6.45, 7) is 12.5. The van der Waals surface area contributed by atoms with Crippen LogP contribution in [-0.2, 0) is 20.2 Å². The van der Waals surface area contributed by atoms with Crippen LogP contribution in [0.5, 0.6) is 5.75 Å². The molecule has 0 atom stereocenters. The fraction of sp³-hybridized carbons (Fsp3) is 0.435. The Morgan fingerprint density at radius 1 is 1.10 bits per heavy atom. The van der Waals surface area contributed by atoms with Gasteiger partial charge in [-0.15, -0.1) is 0 Å². The molecule has 0 aliphatic carbocycles. The first-order valence-electron chi connectivity index (χ1n) is 10.1. The second kappa shape index (κ2) is 7.61. The van der Waals surface area contributed by atoms with Crippen LogP contribution < -0.4 is 14.4 Å². The van der Waals surface area contributed by atoms with Gasteiger partial charge in [-0.1, -0.05) is 32.9 Å². The van der Waals surface area contributed by atoms with Crippen LogP contribution in [0.15, 0.2) is 47.4 Å². The lowest BCUT2D eigenvalue weighted by molar-refractivity contribution is -0.127.